The molecule has 0 amide bonds. The zero-order valence-electron chi connectivity index (χ0n) is 10.6. The van der Waals surface area contributed by atoms with E-state index in [4.69, 9.17) is 16.9 Å². The van der Waals surface area contributed by atoms with E-state index in [1.54, 1.807) is 0 Å². The molecule has 1 aromatic heterocycles. The number of hydrogen-bond donors (Lipinski definition) is 1. The third-order valence-electron chi connectivity index (χ3n) is 2.90. The summed E-state index contributed by atoms with van der Waals surface area (Å²) in [6.07, 6.45) is 0.246. The van der Waals surface area contributed by atoms with Crippen molar-refractivity contribution >= 4 is 11.6 Å². The number of rotatable bonds is 2. The normalized spacial score (nSPS) is 10.4. The van der Waals surface area contributed by atoms with E-state index in [0.717, 1.165) is 22.5 Å². The van der Waals surface area contributed by atoms with Crippen molar-refractivity contribution in [2.75, 3.05) is 0 Å². The summed E-state index contributed by atoms with van der Waals surface area (Å²) in [7, 11) is 0. The first-order chi connectivity index (χ1) is 8.52. The van der Waals surface area contributed by atoms with Gasteiger partial charge in [0.25, 0.3) is 0 Å². The average Bonchev–Trinajstić information content (AvgIpc) is 2.59. The minimum absolute atomic E-state index is 0.246. The highest BCUT2D eigenvalue weighted by molar-refractivity contribution is 6.30. The highest BCUT2D eigenvalue weighted by Crippen LogP contribution is 2.28. The van der Waals surface area contributed by atoms with Gasteiger partial charge in [-0.15, -0.1) is 0 Å². The van der Waals surface area contributed by atoms with Crippen molar-refractivity contribution in [1.29, 1.82) is 5.26 Å². The minimum atomic E-state index is 0.246. The number of nitrogens with one attached hydrogen (secondary N) is 1. The molecule has 0 spiro atoms. The van der Waals surface area contributed by atoms with Crippen molar-refractivity contribution < 1.29 is 0 Å². The molecule has 18 heavy (non-hydrogen) atoms. The number of aromatic amines is 1. The molecular formula is C14H14ClN3. The fourth-order valence-corrected chi connectivity index (χ4v) is 2.45. The Morgan fingerprint density at radius 2 is 1.89 bits per heavy atom. The molecule has 2 rings (SSSR count). The fourth-order valence-electron chi connectivity index (χ4n) is 2.26. The van der Waals surface area contributed by atoms with Gasteiger partial charge in [-0.1, -0.05) is 29.3 Å². The van der Waals surface area contributed by atoms with Gasteiger partial charge in [0, 0.05) is 5.56 Å². The zero-order valence-corrected chi connectivity index (χ0v) is 11.4. The smallest absolute Gasteiger partial charge is 0.151 e. The van der Waals surface area contributed by atoms with Gasteiger partial charge in [-0.25, -0.2) is 4.98 Å². The summed E-state index contributed by atoms with van der Waals surface area (Å²) in [6, 6.07) is 6.30. The largest absolute Gasteiger partial charge is 0.340 e. The Balaban J connectivity index is 2.56. The van der Waals surface area contributed by atoms with Crippen molar-refractivity contribution in [3.8, 4) is 17.5 Å². The number of nitriles is 1. The molecule has 1 heterocycles. The molecule has 0 atom stereocenters. The van der Waals surface area contributed by atoms with Crippen LogP contribution in [0, 0.1) is 32.1 Å². The Labute approximate surface area is 111 Å². The number of aromatic nitrogens is 2. The molecule has 3 nitrogen and oxygen atoms in total. The summed E-state index contributed by atoms with van der Waals surface area (Å²) in [6.45, 7) is 6.17. The van der Waals surface area contributed by atoms with Gasteiger partial charge >= 0.3 is 0 Å². The maximum Gasteiger partial charge on any atom is 0.151 e. The van der Waals surface area contributed by atoms with Gasteiger partial charge in [0.05, 0.1) is 18.2 Å². The topological polar surface area (TPSA) is 52.5 Å². The van der Waals surface area contributed by atoms with Crippen LogP contribution in [0.15, 0.2) is 12.1 Å². The molecule has 0 bridgehead atoms. The van der Waals surface area contributed by atoms with Crippen LogP contribution in [0.5, 0.6) is 0 Å². The summed E-state index contributed by atoms with van der Waals surface area (Å²) < 4.78 is 0. The predicted octanol–water partition coefficient (Wildman–Crippen LogP) is 3.72. The Morgan fingerprint density at radius 1 is 1.28 bits per heavy atom. The molecule has 0 fully saturated rings. The van der Waals surface area contributed by atoms with E-state index in [0.29, 0.717) is 10.8 Å². The van der Waals surface area contributed by atoms with Gasteiger partial charge in [-0.2, -0.15) is 5.26 Å². The molecule has 2 aromatic rings. The second-order valence-corrected chi connectivity index (χ2v) is 4.82. The molecule has 0 unspecified atom stereocenters. The average molecular weight is 260 g/mol. The van der Waals surface area contributed by atoms with Crippen molar-refractivity contribution in [1.82, 2.24) is 9.97 Å². The molecule has 0 saturated carbocycles. The lowest BCUT2D eigenvalue weighted by Gasteiger charge is -2.08. The molecule has 92 valence electrons. The summed E-state index contributed by atoms with van der Waals surface area (Å²) in [4.78, 5) is 7.44. The molecular weight excluding hydrogens is 246 g/mol. The third-order valence-corrected chi connectivity index (χ3v) is 3.21. The standard InChI is InChI=1S/C14H14ClN3/c1-8-6-9(2)12(10(3)7-8)14-17-11(4-5-16)13(15)18-14/h6-7H,4H2,1-3H3,(H,17,18). The summed E-state index contributed by atoms with van der Waals surface area (Å²) in [5, 5.41) is 9.09. The van der Waals surface area contributed by atoms with Crippen LogP contribution >= 0.6 is 11.6 Å². The second-order valence-electron chi connectivity index (χ2n) is 4.46. The van der Waals surface area contributed by atoms with E-state index < -0.39 is 0 Å². The highest BCUT2D eigenvalue weighted by Gasteiger charge is 2.13. The van der Waals surface area contributed by atoms with Crippen molar-refractivity contribution in [3.63, 3.8) is 0 Å². The van der Waals surface area contributed by atoms with Gasteiger partial charge in [0.2, 0.25) is 0 Å². The Hall–Kier alpha value is -1.79. The number of halogens is 1. The molecule has 1 aromatic carbocycles. The van der Waals surface area contributed by atoms with Crippen LogP contribution < -0.4 is 0 Å². The summed E-state index contributed by atoms with van der Waals surface area (Å²) >= 11 is 6.02. The number of imidazole rings is 1. The Kier molecular flexibility index (Phi) is 3.40. The monoisotopic (exact) mass is 259 g/mol. The molecule has 0 saturated heterocycles. The van der Waals surface area contributed by atoms with Crippen molar-refractivity contribution in [3.05, 3.63) is 39.7 Å². The minimum Gasteiger partial charge on any atom is -0.340 e. The molecule has 0 aliphatic heterocycles. The second kappa shape index (κ2) is 4.83. The lowest BCUT2D eigenvalue weighted by Crippen LogP contribution is -1.92. The summed E-state index contributed by atoms with van der Waals surface area (Å²) in [5.41, 5.74) is 5.27. The number of H-pyrrole nitrogens is 1. The van der Waals surface area contributed by atoms with Crippen LogP contribution in [0.3, 0.4) is 0 Å². The van der Waals surface area contributed by atoms with Gasteiger partial charge < -0.3 is 4.98 Å². The zero-order chi connectivity index (χ0) is 13.3. The van der Waals surface area contributed by atoms with E-state index >= 15 is 0 Å². The number of benzene rings is 1. The number of hydrogen-bond acceptors (Lipinski definition) is 2. The van der Waals surface area contributed by atoms with Gasteiger partial charge in [0.1, 0.15) is 5.82 Å². The highest BCUT2D eigenvalue weighted by atomic mass is 35.5. The first-order valence-corrected chi connectivity index (χ1v) is 6.10. The van der Waals surface area contributed by atoms with Crippen LogP contribution in [0.2, 0.25) is 5.15 Å². The van der Waals surface area contributed by atoms with E-state index in [9.17, 15) is 0 Å². The van der Waals surface area contributed by atoms with E-state index in [1.807, 2.05) is 0 Å². The van der Waals surface area contributed by atoms with Gasteiger partial charge in [0.15, 0.2) is 5.15 Å². The van der Waals surface area contributed by atoms with E-state index in [2.05, 4.69) is 48.9 Å². The van der Waals surface area contributed by atoms with E-state index in [1.165, 1.54) is 5.56 Å². The lowest BCUT2D eigenvalue weighted by molar-refractivity contribution is 1.15. The molecule has 4 heteroatoms. The van der Waals surface area contributed by atoms with Gasteiger partial charge in [-0.05, 0) is 31.9 Å². The van der Waals surface area contributed by atoms with Crippen LogP contribution in [0.25, 0.3) is 11.4 Å². The maximum absolute atomic E-state index is 8.71. The number of nitrogens with zero attached hydrogens (tertiary/aromatic N) is 2. The van der Waals surface area contributed by atoms with Gasteiger partial charge in [-0.3, -0.25) is 0 Å². The van der Waals surface area contributed by atoms with Crippen LogP contribution in [0.4, 0.5) is 0 Å². The summed E-state index contributed by atoms with van der Waals surface area (Å²) in [5.74, 6) is 0.736. The number of aryl methyl sites for hydroxylation is 3. The third kappa shape index (κ3) is 2.25. The van der Waals surface area contributed by atoms with Crippen LogP contribution in [-0.2, 0) is 6.42 Å². The lowest BCUT2D eigenvalue weighted by atomic mass is 9.99. The molecule has 1 N–H and O–H groups in total. The fraction of sp³-hybridized carbons (Fsp3) is 0.286. The quantitative estimate of drug-likeness (QED) is 0.894. The SMILES string of the molecule is Cc1cc(C)c(-c2nc(Cl)c(CC#N)[nH]2)c(C)c1. The Morgan fingerprint density at radius 3 is 2.44 bits per heavy atom. The predicted molar refractivity (Wildman–Crippen MR) is 72.6 cm³/mol. The first-order valence-electron chi connectivity index (χ1n) is 5.72. The molecule has 0 aliphatic rings. The van der Waals surface area contributed by atoms with Crippen LogP contribution in [0.1, 0.15) is 22.4 Å². The first kappa shape index (κ1) is 12.7. The van der Waals surface area contributed by atoms with Crippen molar-refractivity contribution in [2.24, 2.45) is 0 Å². The maximum atomic E-state index is 8.71. The van der Waals surface area contributed by atoms with Crippen molar-refractivity contribution in [2.45, 2.75) is 27.2 Å². The molecule has 0 aliphatic carbocycles. The Bertz CT molecular complexity index is 612. The van der Waals surface area contributed by atoms with E-state index in [-0.39, 0.29) is 6.42 Å². The molecule has 0 radical (unpaired) electrons. The van der Waals surface area contributed by atoms with Crippen LogP contribution in [-0.4, -0.2) is 9.97 Å².